The summed E-state index contributed by atoms with van der Waals surface area (Å²) in [6.45, 7) is 6.26. The van der Waals surface area contributed by atoms with E-state index in [0.717, 1.165) is 32.4 Å². The van der Waals surface area contributed by atoms with E-state index in [1.54, 1.807) is 36.4 Å². The highest BCUT2D eigenvalue weighted by atomic mass is 19.1. The van der Waals surface area contributed by atoms with Gasteiger partial charge in [0.2, 0.25) is 0 Å². The average molecular weight is 412 g/mol. The second-order valence-corrected chi connectivity index (χ2v) is 8.03. The highest BCUT2D eigenvalue weighted by Crippen LogP contribution is 2.31. The van der Waals surface area contributed by atoms with Crippen molar-refractivity contribution in [3.05, 3.63) is 65.5 Å². The van der Waals surface area contributed by atoms with Gasteiger partial charge in [0.15, 0.2) is 5.78 Å². The first kappa shape index (κ1) is 22.0. The Labute approximate surface area is 177 Å². The third kappa shape index (κ3) is 6.13. The Hall–Kier alpha value is -2.73. The maximum absolute atomic E-state index is 13.1. The molecular formula is C24H30FN3O2. The molecule has 30 heavy (non-hydrogen) atoms. The van der Waals surface area contributed by atoms with Crippen LogP contribution in [-0.4, -0.2) is 42.4 Å². The number of anilines is 1. The van der Waals surface area contributed by atoms with Gasteiger partial charge in [0.25, 0.3) is 0 Å². The van der Waals surface area contributed by atoms with Crippen LogP contribution in [-0.2, 0) is 0 Å². The maximum Gasteiger partial charge on any atom is 0.319 e. The summed E-state index contributed by atoms with van der Waals surface area (Å²) in [5.41, 5.74) is 2.40. The predicted molar refractivity (Wildman–Crippen MR) is 117 cm³/mol. The van der Waals surface area contributed by atoms with Crippen LogP contribution in [0.5, 0.6) is 0 Å². The molecule has 0 aliphatic carbocycles. The summed E-state index contributed by atoms with van der Waals surface area (Å²) < 4.78 is 13.1. The van der Waals surface area contributed by atoms with Crippen LogP contribution in [0.4, 0.5) is 14.9 Å². The molecule has 2 atom stereocenters. The second-order valence-electron chi connectivity index (χ2n) is 8.03. The van der Waals surface area contributed by atoms with E-state index >= 15 is 0 Å². The molecule has 1 heterocycles. The van der Waals surface area contributed by atoms with Gasteiger partial charge < -0.3 is 15.5 Å². The number of Topliss-reactive ketones (excluding diaryl/α,β-unsaturated/α-hetero) is 1. The van der Waals surface area contributed by atoms with E-state index in [1.165, 1.54) is 12.5 Å². The number of nitrogens with one attached hydrogen (secondary N) is 2. The zero-order chi connectivity index (χ0) is 21.5. The number of rotatable bonds is 7. The third-order valence-corrected chi connectivity index (χ3v) is 5.79. The number of hydrogen-bond donors (Lipinski definition) is 2. The standard InChI is InChI=1S/C24H30FN3O2/c1-17-15-21(19-7-9-22(25)10-8-19)11-14-28(17)13-4-12-26-24(30)27-23-6-3-5-20(16-23)18(2)29/h3,5-10,16-17,21H,4,11-15H2,1-2H3,(H2,26,27,30). The van der Waals surface area contributed by atoms with Crippen molar-refractivity contribution in [3.8, 4) is 0 Å². The highest BCUT2D eigenvalue weighted by Gasteiger charge is 2.26. The normalized spacial score (nSPS) is 19.3. The molecule has 1 fully saturated rings. The lowest BCUT2D eigenvalue weighted by Gasteiger charge is -2.38. The molecule has 0 saturated carbocycles. The minimum absolute atomic E-state index is 0.0311. The van der Waals surface area contributed by atoms with Gasteiger partial charge in [-0.3, -0.25) is 4.79 Å². The molecule has 1 aliphatic heterocycles. The van der Waals surface area contributed by atoms with E-state index in [0.29, 0.717) is 29.8 Å². The van der Waals surface area contributed by atoms with E-state index in [2.05, 4.69) is 22.5 Å². The van der Waals surface area contributed by atoms with Crippen molar-refractivity contribution in [2.45, 2.75) is 45.1 Å². The summed E-state index contributed by atoms with van der Waals surface area (Å²) >= 11 is 0. The number of halogens is 1. The SMILES string of the molecule is CC(=O)c1cccc(NC(=O)NCCCN2CCC(c3ccc(F)cc3)CC2C)c1. The van der Waals surface area contributed by atoms with Crippen LogP contribution in [0.25, 0.3) is 0 Å². The Balaban J connectivity index is 1.37. The van der Waals surface area contributed by atoms with Crippen molar-refractivity contribution in [1.29, 1.82) is 0 Å². The summed E-state index contributed by atoms with van der Waals surface area (Å²) in [6, 6.07) is 14.0. The summed E-state index contributed by atoms with van der Waals surface area (Å²) in [4.78, 5) is 26.0. The van der Waals surface area contributed by atoms with Crippen molar-refractivity contribution in [2.24, 2.45) is 0 Å². The Morgan fingerprint density at radius 3 is 2.63 bits per heavy atom. The number of amides is 2. The zero-order valence-electron chi connectivity index (χ0n) is 17.7. The van der Waals surface area contributed by atoms with Gasteiger partial charge in [-0.1, -0.05) is 24.3 Å². The number of benzene rings is 2. The Morgan fingerprint density at radius 1 is 1.17 bits per heavy atom. The zero-order valence-corrected chi connectivity index (χ0v) is 17.7. The van der Waals surface area contributed by atoms with Gasteiger partial charge in [0.1, 0.15) is 5.82 Å². The topological polar surface area (TPSA) is 61.4 Å². The molecule has 6 heteroatoms. The largest absolute Gasteiger partial charge is 0.338 e. The van der Waals surface area contributed by atoms with Gasteiger partial charge in [-0.25, -0.2) is 9.18 Å². The van der Waals surface area contributed by atoms with Crippen LogP contribution in [0.2, 0.25) is 0 Å². The molecule has 2 unspecified atom stereocenters. The minimum Gasteiger partial charge on any atom is -0.338 e. The molecule has 2 amide bonds. The molecule has 0 spiro atoms. The fraction of sp³-hybridized carbons (Fsp3) is 0.417. The Kier molecular flexibility index (Phi) is 7.57. The fourth-order valence-corrected chi connectivity index (χ4v) is 4.07. The average Bonchev–Trinajstić information content (AvgIpc) is 2.73. The summed E-state index contributed by atoms with van der Waals surface area (Å²) in [5, 5.41) is 5.65. The molecule has 2 aromatic carbocycles. The molecule has 5 nitrogen and oxygen atoms in total. The van der Waals surface area contributed by atoms with Crippen LogP contribution in [0.15, 0.2) is 48.5 Å². The smallest absolute Gasteiger partial charge is 0.319 e. The van der Waals surface area contributed by atoms with E-state index in [1.807, 2.05) is 12.1 Å². The van der Waals surface area contributed by atoms with Crippen molar-refractivity contribution in [2.75, 3.05) is 25.0 Å². The summed E-state index contributed by atoms with van der Waals surface area (Å²) in [5.74, 6) is 0.259. The van der Waals surface area contributed by atoms with Crippen LogP contribution < -0.4 is 10.6 Å². The molecule has 0 aromatic heterocycles. The maximum atomic E-state index is 13.1. The Morgan fingerprint density at radius 2 is 1.93 bits per heavy atom. The van der Waals surface area contributed by atoms with Crippen molar-refractivity contribution in [1.82, 2.24) is 10.2 Å². The summed E-state index contributed by atoms with van der Waals surface area (Å²) in [7, 11) is 0. The van der Waals surface area contributed by atoms with Gasteiger partial charge in [-0.2, -0.15) is 0 Å². The lowest BCUT2D eigenvalue weighted by molar-refractivity contribution is 0.101. The number of nitrogens with zero attached hydrogens (tertiary/aromatic N) is 1. The Bertz CT molecular complexity index is 869. The number of likely N-dealkylation sites (tertiary alicyclic amines) is 1. The van der Waals surface area contributed by atoms with E-state index in [-0.39, 0.29) is 17.6 Å². The fourth-order valence-electron chi connectivity index (χ4n) is 4.07. The number of carbonyl (C=O) groups is 2. The molecule has 2 aromatic rings. The van der Waals surface area contributed by atoms with Crippen LogP contribution in [0, 0.1) is 5.82 Å². The third-order valence-electron chi connectivity index (χ3n) is 5.79. The molecule has 2 N–H and O–H groups in total. The molecule has 1 aliphatic rings. The first-order valence-electron chi connectivity index (χ1n) is 10.6. The van der Waals surface area contributed by atoms with Crippen LogP contribution in [0.1, 0.15) is 54.9 Å². The van der Waals surface area contributed by atoms with Gasteiger partial charge in [-0.05, 0) is 75.4 Å². The second kappa shape index (κ2) is 10.3. The lowest BCUT2D eigenvalue weighted by Crippen LogP contribution is -2.41. The molecule has 1 saturated heterocycles. The quantitative estimate of drug-likeness (QED) is 0.508. The molecule has 160 valence electrons. The predicted octanol–water partition coefficient (Wildman–Crippen LogP) is 4.81. The first-order chi connectivity index (χ1) is 14.4. The van der Waals surface area contributed by atoms with E-state index in [4.69, 9.17) is 0 Å². The number of urea groups is 1. The summed E-state index contributed by atoms with van der Waals surface area (Å²) in [6.07, 6.45) is 2.99. The lowest BCUT2D eigenvalue weighted by atomic mass is 9.86. The minimum atomic E-state index is -0.265. The number of hydrogen-bond acceptors (Lipinski definition) is 3. The van der Waals surface area contributed by atoms with Gasteiger partial charge in [0.05, 0.1) is 0 Å². The van der Waals surface area contributed by atoms with Crippen molar-refractivity contribution >= 4 is 17.5 Å². The van der Waals surface area contributed by atoms with Crippen molar-refractivity contribution in [3.63, 3.8) is 0 Å². The highest BCUT2D eigenvalue weighted by molar-refractivity contribution is 5.96. The molecule has 0 radical (unpaired) electrons. The van der Waals surface area contributed by atoms with Crippen molar-refractivity contribution < 1.29 is 14.0 Å². The number of piperidine rings is 1. The molecule has 0 bridgehead atoms. The van der Waals surface area contributed by atoms with E-state index in [9.17, 15) is 14.0 Å². The monoisotopic (exact) mass is 411 g/mol. The number of ketones is 1. The van der Waals surface area contributed by atoms with E-state index < -0.39 is 0 Å². The first-order valence-corrected chi connectivity index (χ1v) is 10.6. The molecular weight excluding hydrogens is 381 g/mol. The van der Waals surface area contributed by atoms with Gasteiger partial charge in [0, 0.05) is 30.4 Å². The number of carbonyl (C=O) groups excluding carboxylic acids is 2. The van der Waals surface area contributed by atoms with Crippen LogP contribution >= 0.6 is 0 Å². The molecule has 3 rings (SSSR count). The van der Waals surface area contributed by atoms with Gasteiger partial charge in [-0.15, -0.1) is 0 Å². The van der Waals surface area contributed by atoms with Crippen LogP contribution in [0.3, 0.4) is 0 Å². The van der Waals surface area contributed by atoms with Gasteiger partial charge >= 0.3 is 6.03 Å².